The molecule has 0 fully saturated rings. The van der Waals surface area contributed by atoms with Crippen molar-refractivity contribution in [3.63, 3.8) is 0 Å². The van der Waals surface area contributed by atoms with Gasteiger partial charge in [-0.25, -0.2) is 0 Å². The maximum atomic E-state index is 6.65. The van der Waals surface area contributed by atoms with Gasteiger partial charge in [0.25, 0.3) is 0 Å². The van der Waals surface area contributed by atoms with Crippen molar-refractivity contribution >= 4 is 60.9 Å². The third-order valence-electron chi connectivity index (χ3n) is 12.8. The molecule has 3 nitrogen and oxygen atoms in total. The van der Waals surface area contributed by atoms with Gasteiger partial charge in [0.1, 0.15) is 22.3 Å². The molecule has 2 aliphatic carbocycles. The molecular weight excluding hydrogens is 671 g/mol. The van der Waals surface area contributed by atoms with Gasteiger partial charge in [0.05, 0.1) is 5.69 Å². The molecule has 0 spiro atoms. The first-order valence-electron chi connectivity index (χ1n) is 19.5. The van der Waals surface area contributed by atoms with Gasteiger partial charge in [-0.05, 0) is 105 Å². The zero-order valence-corrected chi connectivity index (χ0v) is 32.5. The SMILES string of the molecule is CC(C)(C)c1ccc2oc3ccc4c(c3c2c1)-c1c(N(c2ccc3c(c2)C(C)(C)c2ccccc2-3)c2ccc3c(c2)oc2ccccc23)cccc1C4(C)C. The smallest absolute Gasteiger partial charge is 0.137 e. The summed E-state index contributed by atoms with van der Waals surface area (Å²) in [5.41, 5.74) is 18.4. The Labute approximate surface area is 321 Å². The summed E-state index contributed by atoms with van der Waals surface area (Å²) >= 11 is 0. The molecule has 7 aromatic carbocycles. The van der Waals surface area contributed by atoms with Crippen LogP contribution in [-0.2, 0) is 16.2 Å². The van der Waals surface area contributed by atoms with E-state index in [1.807, 2.05) is 6.07 Å². The molecule has 0 saturated heterocycles. The minimum Gasteiger partial charge on any atom is -0.456 e. The Bertz CT molecular complexity index is 3090. The van der Waals surface area contributed by atoms with Crippen molar-refractivity contribution in [2.45, 2.75) is 64.7 Å². The van der Waals surface area contributed by atoms with Crippen LogP contribution in [0.5, 0.6) is 0 Å². The first-order valence-corrected chi connectivity index (χ1v) is 19.5. The van der Waals surface area contributed by atoms with E-state index < -0.39 is 0 Å². The maximum absolute atomic E-state index is 6.65. The van der Waals surface area contributed by atoms with E-state index in [0.717, 1.165) is 50.2 Å². The van der Waals surface area contributed by atoms with Gasteiger partial charge in [-0.15, -0.1) is 0 Å². The van der Waals surface area contributed by atoms with E-state index in [9.17, 15) is 0 Å². The zero-order chi connectivity index (χ0) is 37.6. The summed E-state index contributed by atoms with van der Waals surface area (Å²) in [6.07, 6.45) is 0. The Hall–Kier alpha value is -6.06. The third-order valence-corrected chi connectivity index (χ3v) is 12.8. The monoisotopic (exact) mass is 713 g/mol. The summed E-state index contributed by atoms with van der Waals surface area (Å²) < 4.78 is 13.2. The molecule has 0 unspecified atom stereocenters. The van der Waals surface area contributed by atoms with Gasteiger partial charge in [-0.1, -0.05) is 121 Å². The second-order valence-corrected chi connectivity index (χ2v) is 17.8. The fourth-order valence-electron chi connectivity index (χ4n) is 9.88. The number of para-hydroxylation sites is 1. The van der Waals surface area contributed by atoms with Crippen LogP contribution < -0.4 is 4.90 Å². The minimum absolute atomic E-state index is 0.00514. The summed E-state index contributed by atoms with van der Waals surface area (Å²) in [6, 6.07) is 49.1. The average molecular weight is 714 g/mol. The lowest BCUT2D eigenvalue weighted by molar-refractivity contribution is 0.590. The molecule has 0 atom stereocenters. The number of nitrogens with zero attached hydrogens (tertiary/aromatic N) is 1. The fourth-order valence-corrected chi connectivity index (χ4v) is 9.88. The lowest BCUT2D eigenvalue weighted by atomic mass is 9.82. The molecule has 2 heterocycles. The van der Waals surface area contributed by atoms with Gasteiger partial charge in [0.2, 0.25) is 0 Å². The fraction of sp³-hybridized carbons (Fsp3) is 0.192. The molecule has 3 heteroatoms. The lowest BCUT2D eigenvalue weighted by Gasteiger charge is -2.30. The van der Waals surface area contributed by atoms with Gasteiger partial charge >= 0.3 is 0 Å². The zero-order valence-electron chi connectivity index (χ0n) is 32.5. The van der Waals surface area contributed by atoms with Crippen molar-refractivity contribution in [1.29, 1.82) is 0 Å². The third kappa shape index (κ3) is 4.38. The largest absolute Gasteiger partial charge is 0.456 e. The molecule has 0 amide bonds. The highest BCUT2D eigenvalue weighted by atomic mass is 16.3. The van der Waals surface area contributed by atoms with Crippen LogP contribution in [0.15, 0.2) is 142 Å². The van der Waals surface area contributed by atoms with Gasteiger partial charge < -0.3 is 13.7 Å². The predicted molar refractivity (Wildman–Crippen MR) is 230 cm³/mol. The van der Waals surface area contributed by atoms with Crippen LogP contribution in [-0.4, -0.2) is 0 Å². The van der Waals surface area contributed by atoms with Crippen LogP contribution in [0.1, 0.15) is 76.3 Å². The van der Waals surface area contributed by atoms with Gasteiger partial charge in [-0.2, -0.15) is 0 Å². The number of fused-ring (bicyclic) bond motifs is 13. The molecule has 9 aromatic rings. The summed E-state index contributed by atoms with van der Waals surface area (Å²) in [4.78, 5) is 2.47. The number of hydrogen-bond donors (Lipinski definition) is 0. The van der Waals surface area contributed by atoms with Crippen molar-refractivity contribution < 1.29 is 8.83 Å². The molecule has 0 saturated carbocycles. The van der Waals surface area contributed by atoms with Crippen LogP contribution in [0, 0.1) is 0 Å². The first kappa shape index (κ1) is 32.4. The average Bonchev–Trinajstić information content (AvgIpc) is 3.87. The summed E-state index contributed by atoms with van der Waals surface area (Å²) in [6.45, 7) is 16.3. The second kappa shape index (κ2) is 10.8. The van der Waals surface area contributed by atoms with Gasteiger partial charge in [0, 0.05) is 55.4 Å². The summed E-state index contributed by atoms with van der Waals surface area (Å²) in [7, 11) is 0. The minimum atomic E-state index is -0.226. The highest BCUT2D eigenvalue weighted by Gasteiger charge is 2.41. The van der Waals surface area contributed by atoms with Crippen molar-refractivity contribution in [2.24, 2.45) is 0 Å². The number of hydrogen-bond acceptors (Lipinski definition) is 3. The van der Waals surface area contributed by atoms with Crippen LogP contribution in [0.3, 0.4) is 0 Å². The normalized spacial score (nSPS) is 15.1. The van der Waals surface area contributed by atoms with Gasteiger partial charge in [-0.3, -0.25) is 0 Å². The number of anilines is 3. The summed E-state index contributed by atoms with van der Waals surface area (Å²) in [5.74, 6) is 0. The Kier molecular flexibility index (Phi) is 6.35. The Morgan fingerprint density at radius 1 is 0.455 bits per heavy atom. The van der Waals surface area contributed by atoms with Crippen molar-refractivity contribution in [3.8, 4) is 22.3 Å². The van der Waals surface area contributed by atoms with Crippen molar-refractivity contribution in [3.05, 3.63) is 161 Å². The molecule has 268 valence electrons. The summed E-state index contributed by atoms with van der Waals surface area (Å²) in [5, 5.41) is 4.62. The molecule has 2 aromatic heterocycles. The van der Waals surface area contributed by atoms with Crippen LogP contribution >= 0.6 is 0 Å². The van der Waals surface area contributed by atoms with E-state index >= 15 is 0 Å². The van der Waals surface area contributed by atoms with Crippen LogP contribution in [0.25, 0.3) is 66.1 Å². The van der Waals surface area contributed by atoms with Crippen LogP contribution in [0.2, 0.25) is 0 Å². The highest BCUT2D eigenvalue weighted by Crippen LogP contribution is 2.58. The quantitative estimate of drug-likeness (QED) is 0.183. The number of benzene rings is 7. The Morgan fingerprint density at radius 3 is 1.95 bits per heavy atom. The molecule has 11 rings (SSSR count). The van der Waals surface area contributed by atoms with E-state index in [1.165, 1.54) is 60.8 Å². The molecule has 0 radical (unpaired) electrons. The maximum Gasteiger partial charge on any atom is 0.137 e. The topological polar surface area (TPSA) is 29.5 Å². The molecular formula is C52H43NO2. The molecule has 0 bridgehead atoms. The van der Waals surface area contributed by atoms with Crippen molar-refractivity contribution in [2.75, 3.05) is 4.90 Å². The van der Waals surface area contributed by atoms with Crippen molar-refractivity contribution in [1.82, 2.24) is 0 Å². The van der Waals surface area contributed by atoms with Crippen LogP contribution in [0.4, 0.5) is 17.1 Å². The lowest BCUT2D eigenvalue weighted by Crippen LogP contribution is -2.17. The molecule has 2 aliphatic rings. The van der Waals surface area contributed by atoms with E-state index in [1.54, 1.807) is 0 Å². The Balaban J connectivity index is 1.22. The Morgan fingerprint density at radius 2 is 1.09 bits per heavy atom. The molecule has 55 heavy (non-hydrogen) atoms. The number of furan rings is 2. The number of rotatable bonds is 3. The van der Waals surface area contributed by atoms with E-state index in [2.05, 4.69) is 181 Å². The molecule has 0 N–H and O–H groups in total. The predicted octanol–water partition coefficient (Wildman–Crippen LogP) is 14.9. The first-order chi connectivity index (χ1) is 26.4. The standard InChI is InChI=1S/C52H43NO2/c1-50(2,3)30-19-25-44-37(27-30)47-45(54-44)26-24-40-49(47)48-39(52(40,6)7)16-12-17-42(48)53(32-21-23-36-35-14-9-11-18-43(35)55-46(36)29-32)31-20-22-34-33-13-8-10-15-38(33)51(4,5)41(34)28-31/h8-29H,1-7H3. The van der Waals surface area contributed by atoms with E-state index in [4.69, 9.17) is 8.83 Å². The van der Waals surface area contributed by atoms with Gasteiger partial charge in [0.15, 0.2) is 0 Å². The van der Waals surface area contributed by atoms with E-state index in [-0.39, 0.29) is 16.2 Å². The molecule has 0 aliphatic heterocycles. The second-order valence-electron chi connectivity index (χ2n) is 17.8. The highest BCUT2D eigenvalue weighted by molar-refractivity contribution is 6.17. The van der Waals surface area contributed by atoms with E-state index in [0.29, 0.717) is 0 Å².